The lowest BCUT2D eigenvalue weighted by molar-refractivity contribution is 0.0539. The highest BCUT2D eigenvalue weighted by atomic mass is 16.2. The van der Waals surface area contributed by atoms with Crippen molar-refractivity contribution in [3.8, 4) is 11.8 Å². The number of piperidine rings is 1. The van der Waals surface area contributed by atoms with Crippen LogP contribution >= 0.6 is 0 Å². The maximum Gasteiger partial charge on any atom is 0.256 e. The summed E-state index contributed by atoms with van der Waals surface area (Å²) in [4.78, 5) is 25.5. The van der Waals surface area contributed by atoms with E-state index in [-0.39, 0.29) is 11.9 Å². The molecule has 1 aliphatic heterocycles. The number of nitriles is 1. The summed E-state index contributed by atoms with van der Waals surface area (Å²) in [6.45, 7) is 5.35. The molecule has 1 aromatic carbocycles. The summed E-state index contributed by atoms with van der Waals surface area (Å²) in [6.07, 6.45) is 8.17. The van der Waals surface area contributed by atoms with Crippen LogP contribution in [0, 0.1) is 24.2 Å². The molecule has 3 aromatic rings. The summed E-state index contributed by atoms with van der Waals surface area (Å²) in [5.74, 6) is 0.732. The van der Waals surface area contributed by atoms with Gasteiger partial charge in [0, 0.05) is 13.1 Å². The van der Waals surface area contributed by atoms with E-state index in [1.807, 2.05) is 36.1 Å². The van der Waals surface area contributed by atoms with Crippen LogP contribution in [0.3, 0.4) is 0 Å². The van der Waals surface area contributed by atoms with Gasteiger partial charge in [0.05, 0.1) is 47.6 Å². The van der Waals surface area contributed by atoms with Crippen molar-refractivity contribution >= 4 is 11.9 Å². The van der Waals surface area contributed by atoms with Crippen molar-refractivity contribution in [1.82, 2.24) is 29.9 Å². The van der Waals surface area contributed by atoms with Gasteiger partial charge in [-0.1, -0.05) is 18.6 Å². The zero-order valence-electron chi connectivity index (χ0n) is 17.6. The van der Waals surface area contributed by atoms with Crippen LogP contribution in [-0.4, -0.2) is 54.9 Å². The van der Waals surface area contributed by atoms with Gasteiger partial charge in [0.1, 0.15) is 6.07 Å². The van der Waals surface area contributed by atoms with Gasteiger partial charge < -0.3 is 10.2 Å². The van der Waals surface area contributed by atoms with E-state index in [0.29, 0.717) is 41.8 Å². The minimum Gasteiger partial charge on any atom is -0.352 e. The fourth-order valence-corrected chi connectivity index (χ4v) is 3.98. The molecule has 0 saturated carbocycles. The first-order valence-corrected chi connectivity index (χ1v) is 10.3. The van der Waals surface area contributed by atoms with E-state index in [2.05, 4.69) is 32.4 Å². The molecule has 1 amide bonds. The maximum atomic E-state index is 13.7. The molecule has 1 N–H and O–H groups in total. The first-order chi connectivity index (χ1) is 15.1. The Labute approximate surface area is 180 Å². The third kappa shape index (κ3) is 4.38. The number of hydrogen-bond donors (Lipinski definition) is 1. The zero-order chi connectivity index (χ0) is 21.8. The monoisotopic (exact) mass is 416 g/mol. The van der Waals surface area contributed by atoms with Crippen molar-refractivity contribution in [3.05, 3.63) is 59.7 Å². The number of nitrogens with one attached hydrogen (secondary N) is 1. The molecule has 3 heterocycles. The third-order valence-electron chi connectivity index (χ3n) is 5.64. The molecule has 1 fully saturated rings. The van der Waals surface area contributed by atoms with E-state index in [1.165, 1.54) is 17.2 Å². The van der Waals surface area contributed by atoms with Crippen LogP contribution in [-0.2, 0) is 0 Å². The number of aromatic nitrogens is 5. The Morgan fingerprint density at radius 3 is 2.71 bits per heavy atom. The third-order valence-corrected chi connectivity index (χ3v) is 5.64. The number of likely N-dealkylation sites (tertiary alicyclic amines) is 1. The number of benzene rings is 1. The van der Waals surface area contributed by atoms with Gasteiger partial charge in [0.25, 0.3) is 5.91 Å². The lowest BCUT2D eigenvalue weighted by Gasteiger charge is -2.40. The van der Waals surface area contributed by atoms with E-state index in [9.17, 15) is 4.79 Å². The number of nitrogens with zero attached hydrogens (tertiary/aromatic N) is 7. The molecular weight excluding hydrogens is 392 g/mol. The topological polar surface area (TPSA) is 113 Å². The first kappa shape index (κ1) is 20.5. The van der Waals surface area contributed by atoms with Gasteiger partial charge in [-0.3, -0.25) is 4.79 Å². The highest BCUT2D eigenvalue weighted by molar-refractivity contribution is 5.98. The molecule has 9 nitrogen and oxygen atoms in total. The molecule has 0 spiro atoms. The Balaban J connectivity index is 1.58. The minimum absolute atomic E-state index is 0.0144. The second kappa shape index (κ2) is 8.92. The second-order valence-electron chi connectivity index (χ2n) is 7.81. The molecule has 1 unspecified atom stereocenters. The molecule has 0 bridgehead atoms. The molecule has 2 atom stereocenters. The Morgan fingerprint density at radius 1 is 1.26 bits per heavy atom. The highest BCUT2D eigenvalue weighted by Crippen LogP contribution is 2.27. The summed E-state index contributed by atoms with van der Waals surface area (Å²) in [7, 11) is 0. The smallest absolute Gasteiger partial charge is 0.256 e. The minimum atomic E-state index is -0.0323. The van der Waals surface area contributed by atoms with Gasteiger partial charge in [0.2, 0.25) is 5.95 Å². The average Bonchev–Trinajstić information content (AvgIpc) is 3.32. The van der Waals surface area contributed by atoms with Crippen molar-refractivity contribution in [2.75, 3.05) is 18.4 Å². The van der Waals surface area contributed by atoms with Crippen LogP contribution in [0.4, 0.5) is 5.95 Å². The Morgan fingerprint density at radius 2 is 2.00 bits per heavy atom. The van der Waals surface area contributed by atoms with E-state index in [0.717, 1.165) is 18.4 Å². The number of carbonyl (C=O) groups excluding carboxylic acids is 1. The van der Waals surface area contributed by atoms with Crippen molar-refractivity contribution in [2.45, 2.75) is 32.7 Å². The quantitative estimate of drug-likeness (QED) is 0.680. The molecule has 2 aromatic heterocycles. The number of amides is 1. The fraction of sp³-hybridized carbons (Fsp3) is 0.364. The predicted octanol–water partition coefficient (Wildman–Crippen LogP) is 2.59. The van der Waals surface area contributed by atoms with Gasteiger partial charge in [-0.25, -0.2) is 9.97 Å². The van der Waals surface area contributed by atoms with Crippen molar-refractivity contribution in [2.24, 2.45) is 5.92 Å². The Kier molecular flexibility index (Phi) is 5.89. The van der Waals surface area contributed by atoms with Crippen molar-refractivity contribution in [1.29, 1.82) is 5.26 Å². The summed E-state index contributed by atoms with van der Waals surface area (Å²) >= 11 is 0. The number of carbonyl (C=O) groups is 1. The SMILES string of the molecule is Cc1ccc(-n2nccn2)c(C(=O)N2CCCC(C)[C@H]2CNc2ncc(C#N)cn2)c1. The van der Waals surface area contributed by atoms with Crippen LogP contribution in [0.1, 0.15) is 41.3 Å². The lowest BCUT2D eigenvalue weighted by Crippen LogP contribution is -2.51. The summed E-state index contributed by atoms with van der Waals surface area (Å²) in [5.41, 5.74) is 2.67. The second-order valence-corrected chi connectivity index (χ2v) is 7.81. The van der Waals surface area contributed by atoms with Crippen LogP contribution in [0.2, 0.25) is 0 Å². The van der Waals surface area contributed by atoms with Gasteiger partial charge in [-0.2, -0.15) is 20.3 Å². The molecule has 0 radical (unpaired) electrons. The lowest BCUT2D eigenvalue weighted by atomic mass is 9.90. The van der Waals surface area contributed by atoms with E-state index < -0.39 is 0 Å². The average molecular weight is 416 g/mol. The van der Waals surface area contributed by atoms with Crippen LogP contribution in [0.15, 0.2) is 43.0 Å². The van der Waals surface area contributed by atoms with Crippen LogP contribution in [0.5, 0.6) is 0 Å². The molecule has 1 saturated heterocycles. The molecule has 4 rings (SSSR count). The van der Waals surface area contributed by atoms with Gasteiger partial charge in [0.15, 0.2) is 0 Å². The number of rotatable bonds is 5. The predicted molar refractivity (Wildman–Crippen MR) is 115 cm³/mol. The van der Waals surface area contributed by atoms with E-state index in [1.54, 1.807) is 12.4 Å². The van der Waals surface area contributed by atoms with Crippen LogP contribution in [0.25, 0.3) is 5.69 Å². The normalized spacial score (nSPS) is 18.4. The van der Waals surface area contributed by atoms with Gasteiger partial charge in [-0.05, 0) is 37.8 Å². The Bertz CT molecular complexity index is 1090. The van der Waals surface area contributed by atoms with Crippen LogP contribution < -0.4 is 5.32 Å². The summed E-state index contributed by atoms with van der Waals surface area (Å²) in [5, 5.41) is 20.6. The summed E-state index contributed by atoms with van der Waals surface area (Å²) < 4.78 is 0. The highest BCUT2D eigenvalue weighted by Gasteiger charge is 2.33. The first-order valence-electron chi connectivity index (χ1n) is 10.3. The van der Waals surface area contributed by atoms with E-state index >= 15 is 0 Å². The number of hydrogen-bond acceptors (Lipinski definition) is 7. The maximum absolute atomic E-state index is 13.7. The molecule has 0 aliphatic carbocycles. The standard InChI is InChI=1S/C22H24N8O/c1-15-5-6-19(30-27-7-8-28-30)18(10-15)21(31)29-9-3-4-16(2)20(29)14-26-22-24-12-17(11-23)13-25-22/h5-8,10,12-13,16,20H,3-4,9,14H2,1-2H3,(H,24,25,26)/t16?,20-/m1/s1. The molecule has 1 aliphatic rings. The largest absolute Gasteiger partial charge is 0.352 e. The van der Waals surface area contributed by atoms with Gasteiger partial charge in [-0.15, -0.1) is 0 Å². The summed E-state index contributed by atoms with van der Waals surface area (Å²) in [6, 6.07) is 7.73. The molecule has 31 heavy (non-hydrogen) atoms. The number of aryl methyl sites for hydroxylation is 1. The van der Waals surface area contributed by atoms with E-state index in [4.69, 9.17) is 5.26 Å². The molecule has 9 heteroatoms. The number of anilines is 1. The van der Waals surface area contributed by atoms with Crippen molar-refractivity contribution in [3.63, 3.8) is 0 Å². The van der Waals surface area contributed by atoms with Crippen molar-refractivity contribution < 1.29 is 4.79 Å². The fourth-order valence-electron chi connectivity index (χ4n) is 3.98. The molecular formula is C22H24N8O. The Hall–Kier alpha value is -3.80. The van der Waals surface area contributed by atoms with Gasteiger partial charge >= 0.3 is 0 Å². The zero-order valence-corrected chi connectivity index (χ0v) is 17.6. The molecule has 158 valence electrons.